The molecule has 6 rings (SSSR count). The van der Waals surface area contributed by atoms with Crippen molar-refractivity contribution in [2.75, 3.05) is 25.5 Å². The summed E-state index contributed by atoms with van der Waals surface area (Å²) >= 11 is 0. The molecule has 212 valence electrons. The van der Waals surface area contributed by atoms with Crippen LogP contribution < -0.4 is 10.1 Å². The van der Waals surface area contributed by atoms with Gasteiger partial charge >= 0.3 is 0 Å². The number of nitrogens with zero attached hydrogens (tertiary/aromatic N) is 4. The lowest BCUT2D eigenvalue weighted by atomic mass is 9.80. The highest BCUT2D eigenvalue weighted by atomic mass is 19.1. The zero-order valence-electron chi connectivity index (χ0n) is 23.7. The molecule has 41 heavy (non-hydrogen) atoms. The van der Waals surface area contributed by atoms with Gasteiger partial charge in [0.15, 0.2) is 17.4 Å². The van der Waals surface area contributed by atoms with Crippen molar-refractivity contribution < 1.29 is 13.9 Å². The second-order valence-electron chi connectivity index (χ2n) is 11.9. The summed E-state index contributed by atoms with van der Waals surface area (Å²) in [7, 11) is 2.12. The van der Waals surface area contributed by atoms with Crippen LogP contribution in [0.15, 0.2) is 67.0 Å². The van der Waals surface area contributed by atoms with Gasteiger partial charge in [0.25, 0.3) is 0 Å². The van der Waals surface area contributed by atoms with E-state index in [1.165, 1.54) is 12.1 Å². The van der Waals surface area contributed by atoms with Gasteiger partial charge in [-0.3, -0.25) is 14.9 Å². The number of H-pyrrole nitrogens is 1. The summed E-state index contributed by atoms with van der Waals surface area (Å²) in [4.78, 5) is 24.9. The van der Waals surface area contributed by atoms with Crippen LogP contribution in [-0.2, 0) is 5.54 Å². The SMILES string of the molecule is CN1CCC(Nc2cccc(C(=O)C[C@H]3CC(C)(C)Oc4cc(F)ccc43)c2)(c2nc(-c3ccncc3)n[nH]2)CC1. The maximum atomic E-state index is 13.9. The van der Waals surface area contributed by atoms with Gasteiger partial charge in [0.05, 0.1) is 5.54 Å². The molecule has 1 fully saturated rings. The van der Waals surface area contributed by atoms with Crippen LogP contribution in [0.5, 0.6) is 5.75 Å². The van der Waals surface area contributed by atoms with Crippen LogP contribution in [0.1, 0.15) is 67.2 Å². The van der Waals surface area contributed by atoms with Gasteiger partial charge < -0.3 is 15.0 Å². The number of carbonyl (C=O) groups excluding carboxylic acids is 1. The quantitative estimate of drug-likeness (QED) is 0.272. The number of Topliss-reactive ketones (excluding diaryl/α,β-unsaturated/α-hetero) is 1. The molecule has 4 aromatic rings. The van der Waals surface area contributed by atoms with Crippen molar-refractivity contribution in [2.24, 2.45) is 0 Å². The molecule has 0 aliphatic carbocycles. The lowest BCUT2D eigenvalue weighted by Crippen LogP contribution is -2.46. The van der Waals surface area contributed by atoms with Gasteiger partial charge in [-0.2, -0.15) is 5.10 Å². The number of anilines is 1. The number of fused-ring (bicyclic) bond motifs is 1. The first-order chi connectivity index (χ1) is 19.7. The van der Waals surface area contributed by atoms with E-state index in [9.17, 15) is 9.18 Å². The lowest BCUT2D eigenvalue weighted by Gasteiger charge is -2.40. The van der Waals surface area contributed by atoms with E-state index in [1.54, 1.807) is 18.5 Å². The molecule has 0 unspecified atom stereocenters. The molecule has 2 aromatic carbocycles. The molecular weight excluding hydrogens is 519 g/mol. The molecule has 1 atom stereocenters. The average molecular weight is 555 g/mol. The van der Waals surface area contributed by atoms with Crippen LogP contribution in [0.4, 0.5) is 10.1 Å². The summed E-state index contributed by atoms with van der Waals surface area (Å²) < 4.78 is 20.0. The zero-order valence-corrected chi connectivity index (χ0v) is 23.7. The smallest absolute Gasteiger partial charge is 0.181 e. The third-order valence-corrected chi connectivity index (χ3v) is 8.26. The molecule has 0 bridgehead atoms. The van der Waals surface area contributed by atoms with Gasteiger partial charge in [-0.25, -0.2) is 9.37 Å². The van der Waals surface area contributed by atoms with Crippen molar-refractivity contribution in [3.8, 4) is 17.1 Å². The van der Waals surface area contributed by atoms with E-state index >= 15 is 0 Å². The first-order valence-electron chi connectivity index (χ1n) is 14.1. The number of ketones is 1. The topological polar surface area (TPSA) is 96.0 Å². The van der Waals surface area contributed by atoms with Gasteiger partial charge in [0.2, 0.25) is 0 Å². The minimum Gasteiger partial charge on any atom is -0.487 e. The van der Waals surface area contributed by atoms with Crippen LogP contribution in [0.3, 0.4) is 0 Å². The van der Waals surface area contributed by atoms with Crippen molar-refractivity contribution in [3.05, 3.63) is 89.8 Å². The zero-order chi connectivity index (χ0) is 28.6. The maximum absolute atomic E-state index is 13.9. The van der Waals surface area contributed by atoms with E-state index in [4.69, 9.17) is 9.72 Å². The van der Waals surface area contributed by atoms with Crippen molar-refractivity contribution in [2.45, 2.75) is 56.6 Å². The van der Waals surface area contributed by atoms with Crippen LogP contribution in [0, 0.1) is 5.82 Å². The molecular formula is C32H35FN6O2. The summed E-state index contributed by atoms with van der Waals surface area (Å²) in [5, 5.41) is 11.4. The largest absolute Gasteiger partial charge is 0.487 e. The van der Waals surface area contributed by atoms with E-state index in [0.29, 0.717) is 30.0 Å². The second-order valence-corrected chi connectivity index (χ2v) is 11.9. The Bertz CT molecular complexity index is 1540. The fourth-order valence-electron chi connectivity index (χ4n) is 6.07. The van der Waals surface area contributed by atoms with Gasteiger partial charge in [-0.15, -0.1) is 0 Å². The summed E-state index contributed by atoms with van der Waals surface area (Å²) in [6, 6.07) is 16.1. The Morgan fingerprint density at radius 2 is 1.90 bits per heavy atom. The number of benzene rings is 2. The lowest BCUT2D eigenvalue weighted by molar-refractivity contribution is 0.0672. The number of rotatable bonds is 7. The standard InChI is InChI=1S/C32H35FN6O2/c1-31(2)20-23(26-8-7-24(33)19-28(26)41-31)18-27(40)22-5-4-6-25(17-22)36-32(11-15-39(3)16-12-32)30-35-29(37-38-30)21-9-13-34-14-10-21/h4-10,13-14,17,19,23,36H,11-12,15-16,18,20H2,1-3H3,(H,35,37,38)/t23-/m0/s1. The number of halogens is 1. The second kappa shape index (κ2) is 10.7. The minimum atomic E-state index is -0.484. The third-order valence-electron chi connectivity index (χ3n) is 8.26. The number of piperidine rings is 1. The monoisotopic (exact) mass is 554 g/mol. The molecule has 4 heterocycles. The number of pyridine rings is 1. The Morgan fingerprint density at radius 1 is 1.12 bits per heavy atom. The first kappa shape index (κ1) is 27.1. The summed E-state index contributed by atoms with van der Waals surface area (Å²) in [5.74, 6) is 1.58. The third kappa shape index (κ3) is 5.72. The minimum absolute atomic E-state index is 0.0451. The van der Waals surface area contributed by atoms with Crippen LogP contribution in [0.25, 0.3) is 11.4 Å². The molecule has 0 amide bonds. The van der Waals surface area contributed by atoms with Gasteiger partial charge in [0.1, 0.15) is 17.2 Å². The molecule has 2 aliphatic heterocycles. The molecule has 8 nitrogen and oxygen atoms in total. The Kier molecular flexibility index (Phi) is 7.07. The molecule has 0 radical (unpaired) electrons. The first-order valence-corrected chi connectivity index (χ1v) is 14.1. The normalized spacial score (nSPS) is 19.7. The Balaban J connectivity index is 1.25. The van der Waals surface area contributed by atoms with Gasteiger partial charge in [0, 0.05) is 54.8 Å². The van der Waals surface area contributed by atoms with Crippen LogP contribution in [-0.4, -0.2) is 56.6 Å². The van der Waals surface area contributed by atoms with Crippen molar-refractivity contribution in [1.29, 1.82) is 0 Å². The number of aromatic amines is 1. The molecule has 0 spiro atoms. The predicted molar refractivity (Wildman–Crippen MR) is 155 cm³/mol. The highest BCUT2D eigenvalue weighted by Crippen LogP contribution is 2.43. The van der Waals surface area contributed by atoms with E-state index in [2.05, 4.69) is 32.4 Å². The molecule has 2 aromatic heterocycles. The van der Waals surface area contributed by atoms with Gasteiger partial charge in [-0.1, -0.05) is 18.2 Å². The van der Waals surface area contributed by atoms with Crippen LogP contribution in [0.2, 0.25) is 0 Å². The molecule has 2 aliphatic rings. The number of aromatic nitrogens is 4. The number of hydrogen-bond acceptors (Lipinski definition) is 7. The highest BCUT2D eigenvalue weighted by Gasteiger charge is 2.39. The number of nitrogens with one attached hydrogen (secondary N) is 2. The number of hydrogen-bond donors (Lipinski definition) is 2. The van der Waals surface area contributed by atoms with E-state index in [1.807, 2.05) is 50.2 Å². The fourth-order valence-corrected chi connectivity index (χ4v) is 6.07. The molecule has 1 saturated heterocycles. The predicted octanol–water partition coefficient (Wildman–Crippen LogP) is 5.96. The molecule has 0 saturated carbocycles. The summed E-state index contributed by atoms with van der Waals surface area (Å²) in [6.45, 7) is 5.76. The van der Waals surface area contributed by atoms with Crippen LogP contribution >= 0.6 is 0 Å². The highest BCUT2D eigenvalue weighted by molar-refractivity contribution is 5.97. The maximum Gasteiger partial charge on any atom is 0.181 e. The number of likely N-dealkylation sites (tertiary alicyclic amines) is 1. The van der Waals surface area contributed by atoms with E-state index in [-0.39, 0.29) is 17.5 Å². The van der Waals surface area contributed by atoms with Gasteiger partial charge in [-0.05, 0) is 82.0 Å². The number of carbonyl (C=O) groups is 1. The van der Waals surface area contributed by atoms with Crippen molar-refractivity contribution in [1.82, 2.24) is 25.1 Å². The van der Waals surface area contributed by atoms with E-state index < -0.39 is 11.1 Å². The van der Waals surface area contributed by atoms with Crippen molar-refractivity contribution in [3.63, 3.8) is 0 Å². The Hall–Kier alpha value is -4.11. The fraction of sp³-hybridized carbons (Fsp3) is 0.375. The Labute approximate surface area is 239 Å². The average Bonchev–Trinajstić information content (AvgIpc) is 3.45. The summed E-state index contributed by atoms with van der Waals surface area (Å²) in [6.07, 6.45) is 6.12. The number of ether oxygens (including phenoxy) is 1. The van der Waals surface area contributed by atoms with E-state index in [0.717, 1.165) is 48.6 Å². The summed E-state index contributed by atoms with van der Waals surface area (Å²) in [5.41, 5.74) is 2.34. The van der Waals surface area contributed by atoms with Crippen molar-refractivity contribution >= 4 is 11.5 Å². The molecule has 2 N–H and O–H groups in total. The Morgan fingerprint density at radius 3 is 2.68 bits per heavy atom. The molecule has 9 heteroatoms.